The van der Waals surface area contributed by atoms with Gasteiger partial charge in [0.2, 0.25) is 11.1 Å². The molecule has 1 N–H and O–H groups in total. The Bertz CT molecular complexity index is 921. The van der Waals surface area contributed by atoms with Crippen LogP contribution in [0.3, 0.4) is 0 Å². The van der Waals surface area contributed by atoms with Gasteiger partial charge in [0.05, 0.1) is 11.4 Å². The van der Waals surface area contributed by atoms with E-state index in [9.17, 15) is 9.18 Å². The molecule has 140 valence electrons. The predicted octanol–water partition coefficient (Wildman–Crippen LogP) is 3.66. The number of thioether (sulfide) groups is 1. The Labute approximate surface area is 161 Å². The number of tetrazole rings is 1. The minimum Gasteiger partial charge on any atom is -0.325 e. The zero-order valence-electron chi connectivity index (χ0n) is 15.1. The molecule has 3 aromatic rings. The lowest BCUT2D eigenvalue weighted by Crippen LogP contribution is -2.17. The third-order valence-electron chi connectivity index (χ3n) is 4.09. The van der Waals surface area contributed by atoms with Crippen LogP contribution in [-0.4, -0.2) is 31.9 Å². The molecule has 0 saturated carbocycles. The van der Waals surface area contributed by atoms with E-state index in [-0.39, 0.29) is 17.5 Å². The van der Waals surface area contributed by atoms with Crippen LogP contribution < -0.4 is 5.32 Å². The molecule has 1 amide bonds. The number of carbonyl (C=O) groups is 1. The summed E-state index contributed by atoms with van der Waals surface area (Å²) in [6.45, 7) is 4.12. The number of anilines is 1. The molecule has 1 aromatic heterocycles. The molecule has 0 aliphatic rings. The number of rotatable bonds is 7. The molecule has 0 spiro atoms. The van der Waals surface area contributed by atoms with Crippen molar-refractivity contribution in [1.29, 1.82) is 0 Å². The number of hydrogen-bond donors (Lipinski definition) is 1. The summed E-state index contributed by atoms with van der Waals surface area (Å²) in [6.07, 6.45) is 1.68. The molecule has 0 bridgehead atoms. The molecule has 6 nitrogen and oxygen atoms in total. The molecule has 0 fully saturated rings. The monoisotopic (exact) mass is 385 g/mol. The fraction of sp³-hybridized carbons (Fsp3) is 0.263. The van der Waals surface area contributed by atoms with Gasteiger partial charge in [-0.25, -0.2) is 4.39 Å². The Balaban J connectivity index is 1.70. The lowest BCUT2D eigenvalue weighted by atomic mass is 10.0. The largest absolute Gasteiger partial charge is 0.325 e. The lowest BCUT2D eigenvalue weighted by molar-refractivity contribution is -0.113. The maximum atomic E-state index is 13.4. The summed E-state index contributed by atoms with van der Waals surface area (Å²) >= 11 is 1.20. The van der Waals surface area contributed by atoms with Crippen LogP contribution >= 0.6 is 11.8 Å². The van der Waals surface area contributed by atoms with Crippen molar-refractivity contribution in [2.45, 2.75) is 31.8 Å². The van der Waals surface area contributed by atoms with Crippen molar-refractivity contribution < 1.29 is 9.18 Å². The summed E-state index contributed by atoms with van der Waals surface area (Å²) in [5.41, 5.74) is 3.61. The van der Waals surface area contributed by atoms with E-state index in [1.807, 2.05) is 18.2 Å². The van der Waals surface area contributed by atoms with Crippen molar-refractivity contribution in [1.82, 2.24) is 20.2 Å². The zero-order valence-corrected chi connectivity index (χ0v) is 16.0. The molecule has 2 aromatic carbocycles. The third-order valence-corrected chi connectivity index (χ3v) is 5.01. The highest BCUT2D eigenvalue weighted by Crippen LogP contribution is 2.24. The lowest BCUT2D eigenvalue weighted by Gasteiger charge is -2.14. The van der Waals surface area contributed by atoms with Gasteiger partial charge in [0.25, 0.3) is 0 Å². The molecule has 0 aliphatic heterocycles. The Morgan fingerprint density at radius 1 is 1.15 bits per heavy atom. The number of carbonyl (C=O) groups excluding carboxylic acids is 1. The summed E-state index contributed by atoms with van der Waals surface area (Å²) in [5.74, 6) is -0.360. The SMILES string of the molecule is CCc1cccc(CC)c1NC(=O)CSc1nnnn1-c1cccc(F)c1. The Kier molecular flexibility index (Phi) is 6.18. The van der Waals surface area contributed by atoms with Gasteiger partial charge >= 0.3 is 0 Å². The van der Waals surface area contributed by atoms with E-state index in [2.05, 4.69) is 34.7 Å². The first-order valence-electron chi connectivity index (χ1n) is 8.70. The first-order chi connectivity index (χ1) is 13.1. The molecule has 0 unspecified atom stereocenters. The van der Waals surface area contributed by atoms with Gasteiger partial charge in [-0.15, -0.1) is 5.10 Å². The van der Waals surface area contributed by atoms with Gasteiger partial charge in [0.1, 0.15) is 5.82 Å². The zero-order chi connectivity index (χ0) is 19.2. The summed E-state index contributed by atoms with van der Waals surface area (Å²) < 4.78 is 14.9. The molecule has 1 heterocycles. The number of aryl methyl sites for hydroxylation is 2. The minimum absolute atomic E-state index is 0.135. The quantitative estimate of drug-likeness (QED) is 0.629. The standard InChI is InChI=1S/C19H20FN5OS/c1-3-13-7-5-8-14(4-2)18(13)21-17(26)12-27-19-22-23-24-25(19)16-10-6-9-15(20)11-16/h5-11H,3-4,12H2,1-2H3,(H,21,26). The van der Waals surface area contributed by atoms with Crippen LogP contribution in [0.5, 0.6) is 0 Å². The minimum atomic E-state index is -0.375. The molecule has 8 heteroatoms. The molecule has 0 radical (unpaired) electrons. The van der Waals surface area contributed by atoms with E-state index in [0.717, 1.165) is 29.7 Å². The first-order valence-corrected chi connectivity index (χ1v) is 9.68. The fourth-order valence-corrected chi connectivity index (χ4v) is 3.44. The van der Waals surface area contributed by atoms with Gasteiger partial charge in [0, 0.05) is 5.69 Å². The summed E-state index contributed by atoms with van der Waals surface area (Å²) in [6, 6.07) is 12.0. The molecule has 0 aliphatic carbocycles. The van der Waals surface area contributed by atoms with Crippen molar-refractivity contribution in [3.05, 3.63) is 59.4 Å². The van der Waals surface area contributed by atoms with Crippen molar-refractivity contribution in [3.8, 4) is 5.69 Å². The maximum absolute atomic E-state index is 13.4. The topological polar surface area (TPSA) is 72.7 Å². The van der Waals surface area contributed by atoms with E-state index in [0.29, 0.717) is 10.8 Å². The van der Waals surface area contributed by atoms with Crippen LogP contribution in [0, 0.1) is 5.82 Å². The number of hydrogen-bond acceptors (Lipinski definition) is 5. The average Bonchev–Trinajstić information content (AvgIpc) is 3.15. The van der Waals surface area contributed by atoms with Crippen LogP contribution in [0.25, 0.3) is 5.69 Å². The number of amides is 1. The van der Waals surface area contributed by atoms with E-state index in [1.165, 1.54) is 28.6 Å². The third kappa shape index (κ3) is 4.51. The van der Waals surface area contributed by atoms with Gasteiger partial charge in [-0.1, -0.05) is 49.9 Å². The van der Waals surface area contributed by atoms with Crippen LogP contribution in [0.2, 0.25) is 0 Å². The molecule has 27 heavy (non-hydrogen) atoms. The summed E-state index contributed by atoms with van der Waals surface area (Å²) in [4.78, 5) is 12.5. The Morgan fingerprint density at radius 3 is 2.52 bits per heavy atom. The maximum Gasteiger partial charge on any atom is 0.234 e. The fourth-order valence-electron chi connectivity index (χ4n) is 2.75. The number of aromatic nitrogens is 4. The normalized spacial score (nSPS) is 10.8. The van der Waals surface area contributed by atoms with E-state index in [1.54, 1.807) is 12.1 Å². The van der Waals surface area contributed by atoms with E-state index < -0.39 is 0 Å². The second-order valence-corrected chi connectivity index (χ2v) is 6.79. The smallest absolute Gasteiger partial charge is 0.234 e. The van der Waals surface area contributed by atoms with Crippen LogP contribution in [0.1, 0.15) is 25.0 Å². The molecule has 0 atom stereocenters. The molecular formula is C19H20FN5OS. The van der Waals surface area contributed by atoms with Crippen molar-refractivity contribution in [2.24, 2.45) is 0 Å². The summed E-state index contributed by atoms with van der Waals surface area (Å²) in [7, 11) is 0. The molecule has 0 saturated heterocycles. The van der Waals surface area contributed by atoms with Gasteiger partial charge in [0.15, 0.2) is 0 Å². The number of para-hydroxylation sites is 1. The number of nitrogens with zero attached hydrogens (tertiary/aromatic N) is 4. The number of benzene rings is 2. The van der Waals surface area contributed by atoms with Gasteiger partial charge in [-0.3, -0.25) is 4.79 Å². The van der Waals surface area contributed by atoms with Crippen molar-refractivity contribution in [3.63, 3.8) is 0 Å². The highest BCUT2D eigenvalue weighted by atomic mass is 32.2. The van der Waals surface area contributed by atoms with E-state index in [4.69, 9.17) is 0 Å². The summed E-state index contributed by atoms with van der Waals surface area (Å²) in [5, 5.41) is 14.9. The molecular weight excluding hydrogens is 365 g/mol. The first kappa shape index (κ1) is 19.0. The second kappa shape index (κ2) is 8.77. The Hall–Kier alpha value is -2.74. The van der Waals surface area contributed by atoms with Crippen molar-refractivity contribution in [2.75, 3.05) is 11.1 Å². The van der Waals surface area contributed by atoms with Crippen LogP contribution in [0.4, 0.5) is 10.1 Å². The highest BCUT2D eigenvalue weighted by molar-refractivity contribution is 7.99. The van der Waals surface area contributed by atoms with Gasteiger partial charge in [-0.05, 0) is 52.6 Å². The Morgan fingerprint density at radius 2 is 1.85 bits per heavy atom. The van der Waals surface area contributed by atoms with Crippen LogP contribution in [-0.2, 0) is 17.6 Å². The van der Waals surface area contributed by atoms with Crippen molar-refractivity contribution >= 4 is 23.4 Å². The second-order valence-electron chi connectivity index (χ2n) is 5.85. The van der Waals surface area contributed by atoms with Gasteiger partial charge < -0.3 is 5.32 Å². The molecule has 3 rings (SSSR count). The highest BCUT2D eigenvalue weighted by Gasteiger charge is 2.14. The van der Waals surface area contributed by atoms with Crippen LogP contribution in [0.15, 0.2) is 47.6 Å². The number of nitrogens with one attached hydrogen (secondary N) is 1. The van der Waals surface area contributed by atoms with E-state index >= 15 is 0 Å². The van der Waals surface area contributed by atoms with Gasteiger partial charge in [-0.2, -0.15) is 4.68 Å². The average molecular weight is 385 g/mol. The number of halogens is 1. The predicted molar refractivity (Wildman–Crippen MR) is 104 cm³/mol.